The van der Waals surface area contributed by atoms with Crippen LogP contribution in [0.1, 0.15) is 5.56 Å². The number of hydrogen-bond donors (Lipinski definition) is 1. The Morgan fingerprint density at radius 2 is 1.68 bits per heavy atom. The third kappa shape index (κ3) is 4.97. The van der Waals surface area contributed by atoms with Crippen molar-refractivity contribution in [2.24, 2.45) is 0 Å². The molecule has 0 spiro atoms. The van der Waals surface area contributed by atoms with Crippen molar-refractivity contribution < 1.29 is 17.9 Å². The maximum Gasteiger partial charge on any atom is 0.261 e. The molecule has 3 rings (SSSR count). The Morgan fingerprint density at radius 3 is 2.36 bits per heavy atom. The van der Waals surface area contributed by atoms with Crippen molar-refractivity contribution >= 4 is 38.9 Å². The largest absolute Gasteiger partial charge is 0.456 e. The number of nitrogens with one attached hydrogen (secondary N) is 1. The van der Waals surface area contributed by atoms with Gasteiger partial charge < -0.3 is 9.47 Å². The number of halogens is 2. The van der Waals surface area contributed by atoms with E-state index in [9.17, 15) is 8.42 Å². The van der Waals surface area contributed by atoms with Gasteiger partial charge in [-0.1, -0.05) is 35.3 Å². The van der Waals surface area contributed by atoms with E-state index in [-0.39, 0.29) is 11.5 Å². The Morgan fingerprint density at radius 1 is 0.964 bits per heavy atom. The van der Waals surface area contributed by atoms with Crippen molar-refractivity contribution in [3.8, 4) is 11.5 Å². The Hall–Kier alpha value is -2.25. The molecule has 0 aromatic heterocycles. The molecule has 3 aromatic carbocycles. The number of methoxy groups -OCH3 is 1. The van der Waals surface area contributed by atoms with Gasteiger partial charge in [0.2, 0.25) is 0 Å². The quantitative estimate of drug-likeness (QED) is 0.512. The summed E-state index contributed by atoms with van der Waals surface area (Å²) in [5.74, 6) is 0.960. The molecule has 1 N–H and O–H groups in total. The number of ether oxygens (including phenoxy) is 2. The minimum absolute atomic E-state index is 0.0947. The van der Waals surface area contributed by atoms with E-state index in [2.05, 4.69) is 4.72 Å². The minimum Gasteiger partial charge on any atom is -0.456 e. The van der Waals surface area contributed by atoms with Gasteiger partial charge in [0.15, 0.2) is 0 Å². The highest BCUT2D eigenvalue weighted by Gasteiger charge is 2.17. The maximum atomic E-state index is 12.7. The monoisotopic (exact) mass is 437 g/mol. The van der Waals surface area contributed by atoms with Crippen LogP contribution in [0.15, 0.2) is 71.6 Å². The number of sulfonamides is 1. The van der Waals surface area contributed by atoms with Crippen molar-refractivity contribution in [3.63, 3.8) is 0 Å². The molecule has 0 heterocycles. The lowest BCUT2D eigenvalue weighted by Gasteiger charge is -2.13. The molecule has 0 fully saturated rings. The first-order valence-electron chi connectivity index (χ1n) is 8.22. The molecule has 0 unspecified atom stereocenters. The smallest absolute Gasteiger partial charge is 0.261 e. The molecule has 0 radical (unpaired) electrons. The minimum atomic E-state index is -3.80. The molecule has 0 amide bonds. The molecule has 0 saturated carbocycles. The van der Waals surface area contributed by atoms with Gasteiger partial charge in [-0.05, 0) is 54.6 Å². The molecule has 8 heteroatoms. The van der Waals surface area contributed by atoms with Crippen LogP contribution < -0.4 is 9.46 Å². The SMILES string of the molecule is COCc1cc(Cl)ccc1NS(=O)(=O)c1ccc(Oc2ccccc2Cl)cc1. The number of hydrogen-bond acceptors (Lipinski definition) is 4. The summed E-state index contributed by atoms with van der Waals surface area (Å²) in [6.45, 7) is 0.225. The summed E-state index contributed by atoms with van der Waals surface area (Å²) >= 11 is 12.0. The van der Waals surface area contributed by atoms with E-state index in [1.54, 1.807) is 54.6 Å². The zero-order chi connectivity index (χ0) is 20.1. The lowest BCUT2D eigenvalue weighted by Crippen LogP contribution is -2.14. The molecule has 3 aromatic rings. The van der Waals surface area contributed by atoms with Crippen LogP contribution in [0, 0.1) is 0 Å². The van der Waals surface area contributed by atoms with Gasteiger partial charge in [-0.2, -0.15) is 0 Å². The summed E-state index contributed by atoms with van der Waals surface area (Å²) in [5, 5.41) is 0.963. The third-order valence-corrected chi connectivity index (χ3v) is 5.74. The van der Waals surface area contributed by atoms with Crippen molar-refractivity contribution in [1.29, 1.82) is 0 Å². The van der Waals surface area contributed by atoms with Crippen LogP contribution in [-0.2, 0) is 21.4 Å². The summed E-state index contributed by atoms with van der Waals surface area (Å²) in [6, 6.07) is 18.0. The molecule has 0 aliphatic rings. The van der Waals surface area contributed by atoms with Gasteiger partial charge >= 0.3 is 0 Å². The summed E-state index contributed by atoms with van der Waals surface area (Å²) in [4.78, 5) is 0.0947. The van der Waals surface area contributed by atoms with Gasteiger partial charge in [-0.25, -0.2) is 8.42 Å². The third-order valence-electron chi connectivity index (χ3n) is 3.81. The highest BCUT2D eigenvalue weighted by molar-refractivity contribution is 7.92. The normalized spacial score (nSPS) is 11.2. The lowest BCUT2D eigenvalue weighted by molar-refractivity contribution is 0.185. The van der Waals surface area contributed by atoms with Gasteiger partial charge in [0.1, 0.15) is 11.5 Å². The van der Waals surface area contributed by atoms with Crippen LogP contribution >= 0.6 is 23.2 Å². The van der Waals surface area contributed by atoms with Crippen molar-refractivity contribution in [1.82, 2.24) is 0 Å². The van der Waals surface area contributed by atoms with Gasteiger partial charge in [0.25, 0.3) is 10.0 Å². The highest BCUT2D eigenvalue weighted by atomic mass is 35.5. The maximum absolute atomic E-state index is 12.7. The van der Waals surface area contributed by atoms with E-state index in [1.165, 1.54) is 19.2 Å². The molecular weight excluding hydrogens is 421 g/mol. The van der Waals surface area contributed by atoms with Crippen LogP contribution in [0.25, 0.3) is 0 Å². The van der Waals surface area contributed by atoms with Gasteiger partial charge in [-0.3, -0.25) is 4.72 Å². The van der Waals surface area contributed by atoms with E-state index in [1.807, 2.05) is 0 Å². The van der Waals surface area contributed by atoms with E-state index < -0.39 is 10.0 Å². The van der Waals surface area contributed by atoms with Gasteiger partial charge in [0.05, 0.1) is 22.2 Å². The van der Waals surface area contributed by atoms with Crippen LogP contribution in [0.2, 0.25) is 10.0 Å². The summed E-state index contributed by atoms with van der Waals surface area (Å²) in [5.41, 5.74) is 1.04. The number of para-hydroxylation sites is 1. The second-order valence-corrected chi connectivity index (χ2v) is 8.37. The number of anilines is 1. The fourth-order valence-corrected chi connectivity index (χ4v) is 3.95. The molecule has 146 valence electrons. The molecule has 0 aliphatic heterocycles. The number of benzene rings is 3. The first-order valence-corrected chi connectivity index (χ1v) is 10.5. The Bertz CT molecular complexity index is 1070. The Kier molecular flexibility index (Phi) is 6.46. The first kappa shape index (κ1) is 20.5. The van der Waals surface area contributed by atoms with Crippen LogP contribution in [0.3, 0.4) is 0 Å². The summed E-state index contributed by atoms with van der Waals surface area (Å²) < 4.78 is 38.8. The molecular formula is C20H17Cl2NO4S. The Balaban J connectivity index is 1.80. The van der Waals surface area contributed by atoms with Crippen molar-refractivity contribution in [2.45, 2.75) is 11.5 Å². The zero-order valence-corrected chi connectivity index (χ0v) is 17.2. The molecule has 0 atom stereocenters. The molecule has 0 aliphatic carbocycles. The van der Waals surface area contributed by atoms with E-state index in [0.29, 0.717) is 32.8 Å². The summed E-state index contributed by atoms with van der Waals surface area (Å²) in [7, 11) is -2.27. The predicted molar refractivity (Wildman–Crippen MR) is 111 cm³/mol. The molecule has 0 saturated heterocycles. The standard InChI is InChI=1S/C20H17Cl2NO4S/c1-26-13-14-12-15(21)6-11-19(14)23-28(24,25)17-9-7-16(8-10-17)27-20-5-3-2-4-18(20)22/h2-12,23H,13H2,1H3. The Labute approximate surface area is 173 Å². The number of rotatable bonds is 7. The fourth-order valence-electron chi connectivity index (χ4n) is 2.48. The van der Waals surface area contributed by atoms with Crippen LogP contribution in [0.5, 0.6) is 11.5 Å². The average Bonchev–Trinajstić information content (AvgIpc) is 2.66. The van der Waals surface area contributed by atoms with E-state index in [4.69, 9.17) is 32.7 Å². The van der Waals surface area contributed by atoms with Crippen molar-refractivity contribution in [2.75, 3.05) is 11.8 Å². The van der Waals surface area contributed by atoms with Crippen molar-refractivity contribution in [3.05, 3.63) is 82.3 Å². The predicted octanol–water partition coefficient (Wildman–Crippen LogP) is 5.73. The van der Waals surface area contributed by atoms with Gasteiger partial charge in [-0.15, -0.1) is 0 Å². The average molecular weight is 438 g/mol. The van der Waals surface area contributed by atoms with Crippen LogP contribution in [0.4, 0.5) is 5.69 Å². The van der Waals surface area contributed by atoms with Crippen LogP contribution in [-0.4, -0.2) is 15.5 Å². The first-order chi connectivity index (χ1) is 13.4. The highest BCUT2D eigenvalue weighted by Crippen LogP contribution is 2.30. The van der Waals surface area contributed by atoms with E-state index in [0.717, 1.165) is 0 Å². The summed E-state index contributed by atoms with van der Waals surface area (Å²) in [6.07, 6.45) is 0. The second kappa shape index (κ2) is 8.84. The zero-order valence-electron chi connectivity index (χ0n) is 14.9. The topological polar surface area (TPSA) is 64.6 Å². The molecule has 28 heavy (non-hydrogen) atoms. The second-order valence-electron chi connectivity index (χ2n) is 5.84. The lowest BCUT2D eigenvalue weighted by atomic mass is 10.2. The van der Waals surface area contributed by atoms with Gasteiger partial charge in [0, 0.05) is 17.7 Å². The molecule has 5 nitrogen and oxygen atoms in total. The molecule has 0 bridgehead atoms. The fraction of sp³-hybridized carbons (Fsp3) is 0.100. The van der Waals surface area contributed by atoms with E-state index >= 15 is 0 Å².